The lowest BCUT2D eigenvalue weighted by molar-refractivity contribution is -0.385. The molecule has 0 saturated heterocycles. The summed E-state index contributed by atoms with van der Waals surface area (Å²) in [4.78, 5) is 10.3. The van der Waals surface area contributed by atoms with Gasteiger partial charge in [0.25, 0.3) is 5.69 Å². The molecule has 0 aromatic heterocycles. The molecule has 0 unspecified atom stereocenters. The third kappa shape index (κ3) is 1.84. The van der Waals surface area contributed by atoms with Gasteiger partial charge in [0.1, 0.15) is 5.75 Å². The van der Waals surface area contributed by atoms with E-state index < -0.39 is 0 Å². The normalized spacial score (nSPS) is 9.93. The lowest BCUT2D eigenvalue weighted by Crippen LogP contribution is -1.97. The molecule has 0 heterocycles. The maximum absolute atomic E-state index is 10.7. The van der Waals surface area contributed by atoms with E-state index in [-0.39, 0.29) is 10.6 Å². The van der Waals surface area contributed by atoms with Crippen molar-refractivity contribution in [2.75, 3.05) is 7.11 Å². The molecule has 14 heavy (non-hydrogen) atoms. The molecule has 76 valence electrons. The predicted molar refractivity (Wildman–Crippen MR) is 53.8 cm³/mol. The number of rotatable bonds is 3. The number of nitro benzene ring substituents is 1. The predicted octanol–water partition coefficient (Wildman–Crippen LogP) is 2.47. The van der Waals surface area contributed by atoms with Gasteiger partial charge in [-0.05, 0) is 19.4 Å². The van der Waals surface area contributed by atoms with E-state index in [0.717, 1.165) is 17.7 Å². The summed E-state index contributed by atoms with van der Waals surface area (Å²) in [5.41, 5.74) is 1.65. The van der Waals surface area contributed by atoms with Crippen LogP contribution in [0.2, 0.25) is 0 Å². The highest BCUT2D eigenvalue weighted by atomic mass is 16.6. The van der Waals surface area contributed by atoms with E-state index in [2.05, 4.69) is 0 Å². The van der Waals surface area contributed by atoms with Crippen molar-refractivity contribution in [3.8, 4) is 5.75 Å². The Morgan fingerprint density at radius 1 is 1.50 bits per heavy atom. The van der Waals surface area contributed by atoms with E-state index in [4.69, 9.17) is 4.74 Å². The third-order valence-electron chi connectivity index (χ3n) is 2.18. The Hall–Kier alpha value is -1.58. The Morgan fingerprint density at radius 2 is 2.14 bits per heavy atom. The molecule has 0 aliphatic heterocycles. The van der Waals surface area contributed by atoms with Crippen molar-refractivity contribution < 1.29 is 9.66 Å². The highest BCUT2D eigenvalue weighted by molar-refractivity contribution is 5.49. The third-order valence-corrected chi connectivity index (χ3v) is 2.18. The van der Waals surface area contributed by atoms with E-state index in [9.17, 15) is 10.1 Å². The summed E-state index contributed by atoms with van der Waals surface area (Å²) in [6.07, 6.45) is 0.726. The van der Waals surface area contributed by atoms with Crippen LogP contribution in [-0.4, -0.2) is 12.0 Å². The zero-order valence-corrected chi connectivity index (χ0v) is 8.53. The van der Waals surface area contributed by atoms with Crippen molar-refractivity contribution in [3.05, 3.63) is 33.4 Å². The van der Waals surface area contributed by atoms with Gasteiger partial charge >= 0.3 is 0 Å². The van der Waals surface area contributed by atoms with Crippen LogP contribution in [0, 0.1) is 17.0 Å². The van der Waals surface area contributed by atoms with Crippen LogP contribution in [0.15, 0.2) is 12.1 Å². The van der Waals surface area contributed by atoms with Crippen LogP contribution < -0.4 is 4.74 Å². The molecule has 0 bridgehead atoms. The largest absolute Gasteiger partial charge is 0.496 e. The average molecular weight is 195 g/mol. The van der Waals surface area contributed by atoms with Gasteiger partial charge in [-0.15, -0.1) is 0 Å². The highest BCUT2D eigenvalue weighted by Crippen LogP contribution is 2.28. The molecular weight excluding hydrogens is 182 g/mol. The van der Waals surface area contributed by atoms with Crippen LogP contribution in [0.4, 0.5) is 5.69 Å². The number of aryl methyl sites for hydroxylation is 2. The minimum atomic E-state index is -0.367. The molecule has 0 N–H and O–H groups in total. The second-order valence-corrected chi connectivity index (χ2v) is 3.06. The van der Waals surface area contributed by atoms with Gasteiger partial charge in [-0.1, -0.05) is 6.92 Å². The van der Waals surface area contributed by atoms with Gasteiger partial charge in [0, 0.05) is 17.2 Å². The van der Waals surface area contributed by atoms with E-state index >= 15 is 0 Å². The zero-order chi connectivity index (χ0) is 10.7. The summed E-state index contributed by atoms with van der Waals surface area (Å²) >= 11 is 0. The second-order valence-electron chi connectivity index (χ2n) is 3.06. The van der Waals surface area contributed by atoms with Gasteiger partial charge in [-0.3, -0.25) is 10.1 Å². The quantitative estimate of drug-likeness (QED) is 0.550. The summed E-state index contributed by atoms with van der Waals surface area (Å²) in [6, 6.07) is 3.28. The van der Waals surface area contributed by atoms with Gasteiger partial charge in [-0.2, -0.15) is 0 Å². The number of nitro groups is 1. The number of hydrogen-bond acceptors (Lipinski definition) is 3. The molecule has 0 aliphatic rings. The minimum absolute atomic E-state index is 0.155. The Bertz CT molecular complexity index is 361. The van der Waals surface area contributed by atoms with Crippen LogP contribution >= 0.6 is 0 Å². The second kappa shape index (κ2) is 4.09. The number of ether oxygens (including phenoxy) is 1. The lowest BCUT2D eigenvalue weighted by Gasteiger charge is -2.07. The van der Waals surface area contributed by atoms with Crippen molar-refractivity contribution in [1.82, 2.24) is 0 Å². The van der Waals surface area contributed by atoms with Crippen molar-refractivity contribution in [2.24, 2.45) is 0 Å². The van der Waals surface area contributed by atoms with Gasteiger partial charge in [0.05, 0.1) is 12.0 Å². The van der Waals surface area contributed by atoms with Crippen LogP contribution in [-0.2, 0) is 6.42 Å². The first kappa shape index (κ1) is 10.5. The Labute approximate surface area is 82.7 Å². The molecule has 0 radical (unpaired) electrons. The van der Waals surface area contributed by atoms with Gasteiger partial charge < -0.3 is 4.74 Å². The molecule has 1 rings (SSSR count). The van der Waals surface area contributed by atoms with Crippen molar-refractivity contribution in [3.63, 3.8) is 0 Å². The fourth-order valence-corrected chi connectivity index (χ4v) is 1.38. The average Bonchev–Trinajstić information content (AvgIpc) is 2.16. The zero-order valence-electron chi connectivity index (χ0n) is 8.53. The lowest BCUT2D eigenvalue weighted by atomic mass is 10.1. The molecule has 4 nitrogen and oxygen atoms in total. The molecule has 0 spiro atoms. The molecule has 1 aromatic carbocycles. The Kier molecular flexibility index (Phi) is 3.06. The standard InChI is InChI=1S/C10H13NO3/c1-4-8-6-9(11(12)13)7(2)5-10(8)14-3/h5-6H,4H2,1-3H3. The Balaban J connectivity index is 3.30. The number of methoxy groups -OCH3 is 1. The fourth-order valence-electron chi connectivity index (χ4n) is 1.38. The molecule has 1 aromatic rings. The van der Waals surface area contributed by atoms with E-state index in [0.29, 0.717) is 5.56 Å². The molecule has 0 aliphatic carbocycles. The molecule has 0 amide bonds. The monoisotopic (exact) mass is 195 g/mol. The molecule has 4 heteroatoms. The Morgan fingerprint density at radius 3 is 2.57 bits per heavy atom. The van der Waals surface area contributed by atoms with Crippen molar-refractivity contribution in [2.45, 2.75) is 20.3 Å². The summed E-state index contributed by atoms with van der Waals surface area (Å²) in [5, 5.41) is 10.7. The van der Waals surface area contributed by atoms with Crippen LogP contribution in [0.1, 0.15) is 18.1 Å². The van der Waals surface area contributed by atoms with E-state index in [1.807, 2.05) is 6.92 Å². The van der Waals surface area contributed by atoms with Crippen LogP contribution in [0.3, 0.4) is 0 Å². The minimum Gasteiger partial charge on any atom is -0.496 e. The van der Waals surface area contributed by atoms with Crippen LogP contribution in [0.5, 0.6) is 5.75 Å². The smallest absolute Gasteiger partial charge is 0.272 e. The van der Waals surface area contributed by atoms with Gasteiger partial charge in [-0.25, -0.2) is 0 Å². The molecule has 0 fully saturated rings. The first-order valence-electron chi connectivity index (χ1n) is 4.42. The maximum Gasteiger partial charge on any atom is 0.272 e. The maximum atomic E-state index is 10.7. The summed E-state index contributed by atoms with van der Waals surface area (Å²) in [7, 11) is 1.57. The summed E-state index contributed by atoms with van der Waals surface area (Å²) in [5.74, 6) is 0.718. The fraction of sp³-hybridized carbons (Fsp3) is 0.400. The van der Waals surface area contributed by atoms with E-state index in [1.54, 1.807) is 26.2 Å². The summed E-state index contributed by atoms with van der Waals surface area (Å²) in [6.45, 7) is 3.65. The number of benzene rings is 1. The SMILES string of the molecule is CCc1cc([N+](=O)[O-])c(C)cc1OC. The topological polar surface area (TPSA) is 52.4 Å². The van der Waals surface area contributed by atoms with Gasteiger partial charge in [0.15, 0.2) is 0 Å². The highest BCUT2D eigenvalue weighted by Gasteiger charge is 2.14. The molecular formula is C10H13NO3. The number of nitrogens with zero attached hydrogens (tertiary/aromatic N) is 1. The van der Waals surface area contributed by atoms with Crippen LogP contribution in [0.25, 0.3) is 0 Å². The molecule has 0 atom stereocenters. The molecule has 0 saturated carbocycles. The van der Waals surface area contributed by atoms with Crippen molar-refractivity contribution in [1.29, 1.82) is 0 Å². The first-order chi connectivity index (χ1) is 6.60. The first-order valence-corrected chi connectivity index (χ1v) is 4.42. The van der Waals surface area contributed by atoms with E-state index in [1.165, 1.54) is 0 Å². The van der Waals surface area contributed by atoms with Crippen molar-refractivity contribution >= 4 is 5.69 Å². The van der Waals surface area contributed by atoms with Gasteiger partial charge in [0.2, 0.25) is 0 Å². The summed E-state index contributed by atoms with van der Waals surface area (Å²) < 4.78 is 5.13. The number of hydrogen-bond donors (Lipinski definition) is 0.